The van der Waals surface area contributed by atoms with Gasteiger partial charge in [0.15, 0.2) is 0 Å². The molecule has 5 nitrogen and oxygen atoms in total. The molecule has 5 heteroatoms. The van der Waals surface area contributed by atoms with Crippen LogP contribution in [0.15, 0.2) is 72.9 Å². The number of rotatable bonds is 4. The second-order valence-corrected chi connectivity index (χ2v) is 8.36. The van der Waals surface area contributed by atoms with E-state index in [1.54, 1.807) is 0 Å². The van der Waals surface area contributed by atoms with Crippen LogP contribution < -0.4 is 5.32 Å². The van der Waals surface area contributed by atoms with Crippen molar-refractivity contribution >= 4 is 11.7 Å². The van der Waals surface area contributed by atoms with Crippen LogP contribution in [0.1, 0.15) is 35.7 Å². The van der Waals surface area contributed by atoms with Gasteiger partial charge in [0, 0.05) is 55.9 Å². The highest BCUT2D eigenvalue weighted by Gasteiger charge is 2.39. The average Bonchev–Trinajstić information content (AvgIpc) is 3.18. The molecule has 1 atom stereocenters. The van der Waals surface area contributed by atoms with E-state index in [1.807, 2.05) is 18.2 Å². The first kappa shape index (κ1) is 18.9. The maximum absolute atomic E-state index is 13.2. The van der Waals surface area contributed by atoms with Gasteiger partial charge in [-0.3, -0.25) is 4.90 Å². The van der Waals surface area contributed by atoms with Crippen LogP contribution in [0.4, 0.5) is 10.5 Å². The predicted octanol–water partition coefficient (Wildman–Crippen LogP) is 4.63. The number of carbonyl (C=O) groups is 1. The number of anilines is 1. The number of carbonyl (C=O) groups excluding carboxylic acids is 1. The molecule has 2 aliphatic heterocycles. The van der Waals surface area contributed by atoms with Gasteiger partial charge in [0.2, 0.25) is 0 Å². The van der Waals surface area contributed by atoms with Crippen molar-refractivity contribution in [1.82, 2.24) is 14.4 Å². The van der Waals surface area contributed by atoms with Crippen molar-refractivity contribution < 1.29 is 4.79 Å². The molecule has 2 aromatic carbocycles. The fourth-order valence-corrected chi connectivity index (χ4v) is 4.89. The smallest absolute Gasteiger partial charge is 0.322 e. The Bertz CT molecular complexity index is 1020. The van der Waals surface area contributed by atoms with Gasteiger partial charge in [-0.1, -0.05) is 48.5 Å². The molecule has 30 heavy (non-hydrogen) atoms. The van der Waals surface area contributed by atoms with Crippen molar-refractivity contribution in [2.24, 2.45) is 7.05 Å². The summed E-state index contributed by atoms with van der Waals surface area (Å²) in [6.45, 7) is 2.97. The summed E-state index contributed by atoms with van der Waals surface area (Å²) >= 11 is 0. The second kappa shape index (κ2) is 8.00. The van der Waals surface area contributed by atoms with E-state index in [0.717, 1.165) is 38.2 Å². The Balaban J connectivity index is 1.39. The van der Waals surface area contributed by atoms with E-state index < -0.39 is 0 Å². The molecule has 1 fully saturated rings. The molecule has 0 saturated carbocycles. The summed E-state index contributed by atoms with van der Waals surface area (Å²) in [5.41, 5.74) is 4.61. The van der Waals surface area contributed by atoms with E-state index in [0.29, 0.717) is 0 Å². The van der Waals surface area contributed by atoms with E-state index in [-0.39, 0.29) is 18.1 Å². The average molecular weight is 401 g/mol. The quantitative estimate of drug-likeness (QED) is 0.694. The number of nitrogens with one attached hydrogen (secondary N) is 1. The number of amides is 2. The van der Waals surface area contributed by atoms with E-state index in [2.05, 4.69) is 81.5 Å². The Kier molecular flexibility index (Phi) is 5.05. The van der Waals surface area contributed by atoms with Crippen LogP contribution in [-0.4, -0.2) is 39.5 Å². The predicted molar refractivity (Wildman–Crippen MR) is 119 cm³/mol. The van der Waals surface area contributed by atoms with Gasteiger partial charge in [-0.05, 0) is 36.6 Å². The normalized spacial score (nSPS) is 20.1. The van der Waals surface area contributed by atoms with Crippen LogP contribution in [0.25, 0.3) is 0 Å². The van der Waals surface area contributed by atoms with E-state index >= 15 is 0 Å². The Morgan fingerprint density at radius 3 is 2.40 bits per heavy atom. The molecule has 1 N–H and O–H groups in total. The standard InChI is InChI=1S/C25H28N4O/c1-27-15-7-10-21(27)18-28-16-13-20(14-17-28)29-24(19-8-3-2-4-9-19)22-11-5-6-12-23(22)26-25(29)30/h2-12,15,20,24H,13-14,16-18H2,1H3,(H,26,30). The minimum Gasteiger partial charge on any atom is -0.353 e. The van der Waals surface area contributed by atoms with E-state index in [9.17, 15) is 4.79 Å². The molecule has 1 aromatic heterocycles. The molecule has 5 rings (SSSR count). The van der Waals surface area contributed by atoms with Crippen LogP contribution in [0.5, 0.6) is 0 Å². The largest absolute Gasteiger partial charge is 0.353 e. The second-order valence-electron chi connectivity index (χ2n) is 8.36. The number of aromatic nitrogens is 1. The molecule has 0 bridgehead atoms. The first-order valence-electron chi connectivity index (χ1n) is 10.8. The monoisotopic (exact) mass is 400 g/mol. The van der Waals surface area contributed by atoms with Crippen molar-refractivity contribution in [3.63, 3.8) is 0 Å². The number of benzene rings is 2. The third-order valence-corrected chi connectivity index (χ3v) is 6.51. The van der Waals surface area contributed by atoms with Crippen molar-refractivity contribution in [2.45, 2.75) is 31.5 Å². The van der Waals surface area contributed by atoms with E-state index in [1.165, 1.54) is 16.8 Å². The van der Waals surface area contributed by atoms with Crippen molar-refractivity contribution in [3.05, 3.63) is 89.7 Å². The third-order valence-electron chi connectivity index (χ3n) is 6.51. The Morgan fingerprint density at radius 2 is 1.67 bits per heavy atom. The molecule has 2 amide bonds. The fraction of sp³-hybridized carbons (Fsp3) is 0.320. The van der Waals surface area contributed by atoms with Gasteiger partial charge < -0.3 is 14.8 Å². The summed E-state index contributed by atoms with van der Waals surface area (Å²) in [5.74, 6) is 0. The summed E-state index contributed by atoms with van der Waals surface area (Å²) in [4.78, 5) is 17.8. The van der Waals surface area contributed by atoms with Crippen LogP contribution in [0.2, 0.25) is 0 Å². The zero-order chi connectivity index (χ0) is 20.5. The fourth-order valence-electron chi connectivity index (χ4n) is 4.89. The highest BCUT2D eigenvalue weighted by atomic mass is 16.2. The van der Waals surface area contributed by atoms with Crippen molar-refractivity contribution in [3.8, 4) is 0 Å². The van der Waals surface area contributed by atoms with Crippen molar-refractivity contribution in [2.75, 3.05) is 18.4 Å². The number of hydrogen-bond donors (Lipinski definition) is 1. The highest BCUT2D eigenvalue weighted by molar-refractivity contribution is 5.93. The first-order valence-corrected chi connectivity index (χ1v) is 10.8. The lowest BCUT2D eigenvalue weighted by molar-refractivity contribution is 0.105. The lowest BCUT2D eigenvalue weighted by Gasteiger charge is -2.45. The van der Waals surface area contributed by atoms with Gasteiger partial charge in [0.25, 0.3) is 0 Å². The van der Waals surface area contributed by atoms with Crippen molar-refractivity contribution in [1.29, 1.82) is 0 Å². The SMILES string of the molecule is Cn1cccc1CN1CCC(N2C(=O)Nc3ccccc3C2c2ccccc2)CC1. The minimum absolute atomic E-state index is 0.0171. The lowest BCUT2D eigenvalue weighted by atomic mass is 9.90. The van der Waals surface area contributed by atoms with Gasteiger partial charge in [0.1, 0.15) is 0 Å². The lowest BCUT2D eigenvalue weighted by Crippen LogP contribution is -2.52. The van der Waals surface area contributed by atoms with Crippen LogP contribution in [0, 0.1) is 0 Å². The molecule has 0 aliphatic carbocycles. The Hall–Kier alpha value is -3.05. The van der Waals surface area contributed by atoms with E-state index in [4.69, 9.17) is 0 Å². The highest BCUT2D eigenvalue weighted by Crippen LogP contribution is 2.40. The molecule has 0 radical (unpaired) electrons. The minimum atomic E-state index is -0.0411. The summed E-state index contributed by atoms with van der Waals surface area (Å²) < 4.78 is 2.19. The van der Waals surface area contributed by atoms with Crippen LogP contribution >= 0.6 is 0 Å². The zero-order valence-corrected chi connectivity index (χ0v) is 17.4. The summed E-state index contributed by atoms with van der Waals surface area (Å²) in [6, 6.07) is 23.1. The molecular weight excluding hydrogens is 372 g/mol. The summed E-state index contributed by atoms with van der Waals surface area (Å²) in [5, 5.41) is 3.13. The first-order chi connectivity index (χ1) is 14.7. The summed E-state index contributed by atoms with van der Waals surface area (Å²) in [6.07, 6.45) is 4.08. The molecule has 2 aliphatic rings. The van der Waals surface area contributed by atoms with Gasteiger partial charge in [-0.2, -0.15) is 0 Å². The maximum atomic E-state index is 13.2. The molecule has 3 aromatic rings. The Morgan fingerprint density at radius 1 is 0.933 bits per heavy atom. The maximum Gasteiger partial charge on any atom is 0.322 e. The molecule has 1 unspecified atom stereocenters. The van der Waals surface area contributed by atoms with Crippen LogP contribution in [-0.2, 0) is 13.6 Å². The molecule has 154 valence electrons. The Labute approximate surface area is 177 Å². The molecule has 1 saturated heterocycles. The topological polar surface area (TPSA) is 40.5 Å². The molecule has 0 spiro atoms. The number of likely N-dealkylation sites (tertiary alicyclic amines) is 1. The van der Waals surface area contributed by atoms with Gasteiger partial charge >= 0.3 is 6.03 Å². The molecular formula is C25H28N4O. The van der Waals surface area contributed by atoms with Gasteiger partial charge in [-0.25, -0.2) is 4.79 Å². The number of hydrogen-bond acceptors (Lipinski definition) is 2. The number of fused-ring (bicyclic) bond motifs is 1. The van der Waals surface area contributed by atoms with Gasteiger partial charge in [0.05, 0.1) is 6.04 Å². The number of aryl methyl sites for hydroxylation is 1. The number of para-hydroxylation sites is 1. The number of urea groups is 1. The zero-order valence-electron chi connectivity index (χ0n) is 17.4. The third kappa shape index (κ3) is 3.50. The number of piperidine rings is 1. The van der Waals surface area contributed by atoms with Gasteiger partial charge in [-0.15, -0.1) is 0 Å². The van der Waals surface area contributed by atoms with Crippen LogP contribution in [0.3, 0.4) is 0 Å². The summed E-state index contributed by atoms with van der Waals surface area (Å²) in [7, 11) is 2.10. The number of nitrogens with zero attached hydrogens (tertiary/aromatic N) is 3. The molecule has 3 heterocycles.